The van der Waals surface area contributed by atoms with Crippen LogP contribution in [0.15, 0.2) is 63.8 Å². The van der Waals surface area contributed by atoms with Crippen LogP contribution in [0, 0.1) is 0 Å². The fraction of sp³-hybridized carbons (Fsp3) is 0.324. The van der Waals surface area contributed by atoms with Gasteiger partial charge in [0.15, 0.2) is 5.78 Å². The summed E-state index contributed by atoms with van der Waals surface area (Å²) >= 11 is 13.7. The SMILES string of the molecule is CC1(C)CN(C(=O)Cn2c(=O)/c(=C/c3ccc(-c4cccc(Cl)c4Cl)o3)s/c2=C/C(=O)c2ccc(C(C)(C)C)cc2)CCO1. The first kappa shape index (κ1) is 32.0. The molecule has 1 fully saturated rings. The predicted molar refractivity (Wildman–Crippen MR) is 176 cm³/mol. The monoisotopic (exact) mass is 652 g/mol. The predicted octanol–water partition coefficient (Wildman–Crippen LogP) is 5.90. The Hall–Kier alpha value is -3.43. The molecule has 0 aliphatic carbocycles. The minimum Gasteiger partial charge on any atom is -0.457 e. The molecule has 0 spiro atoms. The van der Waals surface area contributed by atoms with Crippen LogP contribution < -0.4 is 14.8 Å². The number of nitrogens with zero attached hydrogens (tertiary/aromatic N) is 2. The molecule has 4 aromatic rings. The summed E-state index contributed by atoms with van der Waals surface area (Å²) in [5.41, 5.74) is 1.29. The van der Waals surface area contributed by atoms with Gasteiger partial charge in [0.1, 0.15) is 22.7 Å². The summed E-state index contributed by atoms with van der Waals surface area (Å²) in [7, 11) is 0. The van der Waals surface area contributed by atoms with E-state index in [0.29, 0.717) is 61.6 Å². The second-order valence-electron chi connectivity index (χ2n) is 12.4. The van der Waals surface area contributed by atoms with E-state index in [1.807, 2.05) is 26.0 Å². The van der Waals surface area contributed by atoms with Crippen LogP contribution in [0.25, 0.3) is 23.5 Å². The van der Waals surface area contributed by atoms with E-state index in [2.05, 4.69) is 20.8 Å². The number of ether oxygens (including phenoxy) is 1. The number of carbonyl (C=O) groups is 2. The molecular formula is C34H34Cl2N2O5S. The van der Waals surface area contributed by atoms with Crippen LogP contribution in [0.1, 0.15) is 56.3 Å². The summed E-state index contributed by atoms with van der Waals surface area (Å²) in [5, 5.41) is 0.766. The Bertz CT molecular complexity index is 1890. The maximum atomic E-state index is 13.7. The normalized spacial score (nSPS) is 16.0. The van der Waals surface area contributed by atoms with Crippen molar-refractivity contribution in [1.29, 1.82) is 0 Å². The number of halogens is 2. The third-order valence-electron chi connectivity index (χ3n) is 7.42. The molecule has 0 atom stereocenters. The van der Waals surface area contributed by atoms with Gasteiger partial charge in [-0.1, -0.05) is 74.3 Å². The van der Waals surface area contributed by atoms with Crippen LogP contribution in [-0.2, 0) is 21.5 Å². The van der Waals surface area contributed by atoms with Crippen LogP contribution in [-0.4, -0.2) is 46.5 Å². The molecule has 5 rings (SSSR count). The lowest BCUT2D eigenvalue weighted by Crippen LogP contribution is -2.52. The highest BCUT2D eigenvalue weighted by atomic mass is 35.5. The molecule has 0 N–H and O–H groups in total. The number of thiazole rings is 1. The fourth-order valence-corrected chi connectivity index (χ4v) is 6.40. The second-order valence-corrected chi connectivity index (χ2v) is 14.3. The number of carbonyl (C=O) groups excluding carboxylic acids is 2. The van der Waals surface area contributed by atoms with E-state index in [9.17, 15) is 14.4 Å². The molecule has 2 aromatic carbocycles. The summed E-state index contributed by atoms with van der Waals surface area (Å²) in [4.78, 5) is 42.2. The summed E-state index contributed by atoms with van der Waals surface area (Å²) in [5.74, 6) is 0.424. The van der Waals surface area contributed by atoms with Crippen molar-refractivity contribution >= 4 is 58.4 Å². The third-order valence-corrected chi connectivity index (χ3v) is 9.29. The van der Waals surface area contributed by atoms with Crippen molar-refractivity contribution < 1.29 is 18.7 Å². The zero-order valence-electron chi connectivity index (χ0n) is 25.3. The molecule has 230 valence electrons. The molecule has 3 heterocycles. The molecule has 10 heteroatoms. The molecule has 0 bridgehead atoms. The minimum absolute atomic E-state index is 0.0531. The van der Waals surface area contributed by atoms with Gasteiger partial charge < -0.3 is 14.1 Å². The maximum Gasteiger partial charge on any atom is 0.269 e. The lowest BCUT2D eigenvalue weighted by atomic mass is 9.86. The lowest BCUT2D eigenvalue weighted by Gasteiger charge is -2.38. The molecule has 1 saturated heterocycles. The maximum absolute atomic E-state index is 13.7. The van der Waals surface area contributed by atoms with Gasteiger partial charge in [0.2, 0.25) is 5.91 Å². The van der Waals surface area contributed by atoms with Gasteiger partial charge in [-0.15, -0.1) is 11.3 Å². The first-order chi connectivity index (χ1) is 20.7. The van der Waals surface area contributed by atoms with Gasteiger partial charge in [-0.05, 0) is 49.1 Å². The Morgan fingerprint density at radius 2 is 1.77 bits per heavy atom. The molecule has 7 nitrogen and oxygen atoms in total. The Morgan fingerprint density at radius 3 is 2.45 bits per heavy atom. The number of hydrogen-bond donors (Lipinski definition) is 0. The Kier molecular flexibility index (Phi) is 9.10. The lowest BCUT2D eigenvalue weighted by molar-refractivity contribution is -0.146. The van der Waals surface area contributed by atoms with Gasteiger partial charge in [-0.25, -0.2) is 0 Å². The van der Waals surface area contributed by atoms with Crippen molar-refractivity contribution in [3.05, 3.63) is 101 Å². The van der Waals surface area contributed by atoms with Crippen molar-refractivity contribution in [1.82, 2.24) is 9.47 Å². The molecular weight excluding hydrogens is 619 g/mol. The van der Waals surface area contributed by atoms with Gasteiger partial charge in [0.25, 0.3) is 5.56 Å². The van der Waals surface area contributed by atoms with Crippen LogP contribution in [0.4, 0.5) is 0 Å². The average Bonchev–Trinajstić information content (AvgIpc) is 3.54. The van der Waals surface area contributed by atoms with E-state index in [1.165, 1.54) is 10.6 Å². The van der Waals surface area contributed by atoms with Gasteiger partial charge >= 0.3 is 0 Å². The van der Waals surface area contributed by atoms with Crippen LogP contribution in [0.2, 0.25) is 10.0 Å². The van der Waals surface area contributed by atoms with Crippen LogP contribution in [0.3, 0.4) is 0 Å². The van der Waals surface area contributed by atoms with Crippen molar-refractivity contribution in [2.75, 3.05) is 19.7 Å². The summed E-state index contributed by atoms with van der Waals surface area (Å²) in [6.45, 7) is 11.2. The zero-order valence-corrected chi connectivity index (χ0v) is 27.6. The average molecular weight is 654 g/mol. The van der Waals surface area contributed by atoms with Gasteiger partial charge in [0.05, 0.1) is 26.8 Å². The Balaban J connectivity index is 1.54. The van der Waals surface area contributed by atoms with E-state index in [0.717, 1.165) is 16.9 Å². The van der Waals surface area contributed by atoms with E-state index in [1.54, 1.807) is 53.4 Å². The molecule has 0 radical (unpaired) electrons. The minimum atomic E-state index is -0.487. The fourth-order valence-electron chi connectivity index (χ4n) is 4.99. The second kappa shape index (κ2) is 12.5. The third kappa shape index (κ3) is 7.10. The molecule has 1 aliphatic heterocycles. The van der Waals surface area contributed by atoms with Crippen LogP contribution >= 0.6 is 34.5 Å². The number of Topliss-reactive ketones (excluding diaryl/α,β-unsaturated/α-hetero) is 1. The highest BCUT2D eigenvalue weighted by Gasteiger charge is 2.30. The van der Waals surface area contributed by atoms with E-state index in [-0.39, 0.29) is 23.7 Å². The van der Waals surface area contributed by atoms with Crippen molar-refractivity contribution in [2.24, 2.45) is 0 Å². The molecule has 44 heavy (non-hydrogen) atoms. The molecule has 1 amide bonds. The zero-order chi connectivity index (χ0) is 31.8. The summed E-state index contributed by atoms with van der Waals surface area (Å²) in [6.07, 6.45) is 3.03. The van der Waals surface area contributed by atoms with Crippen molar-refractivity contribution in [2.45, 2.75) is 52.2 Å². The number of morpholine rings is 1. The Labute approximate surface area is 270 Å². The van der Waals surface area contributed by atoms with E-state index < -0.39 is 11.2 Å². The van der Waals surface area contributed by atoms with Gasteiger partial charge in [0, 0.05) is 36.4 Å². The first-order valence-electron chi connectivity index (χ1n) is 14.3. The van der Waals surface area contributed by atoms with Crippen molar-refractivity contribution in [3.63, 3.8) is 0 Å². The quantitative estimate of drug-likeness (QED) is 0.242. The number of ketones is 1. The van der Waals surface area contributed by atoms with E-state index in [4.69, 9.17) is 32.4 Å². The number of rotatable bonds is 6. The van der Waals surface area contributed by atoms with E-state index >= 15 is 0 Å². The number of amides is 1. The molecule has 1 aliphatic rings. The standard InChI is InChI=1S/C34H34Cl2N2O5S/c1-33(2,3)22-11-9-21(10-12-22)26(39)18-30-38(19-29(40)37-15-16-42-34(4,5)20-37)32(41)28(44-30)17-23-13-14-27(43-23)24-7-6-8-25(35)31(24)36/h6-14,17-18H,15-16,19-20H2,1-5H3/b28-17-,30-18+. The number of furan rings is 1. The molecule has 2 aromatic heterocycles. The van der Waals surface area contributed by atoms with Gasteiger partial charge in [-0.3, -0.25) is 19.0 Å². The van der Waals surface area contributed by atoms with Crippen molar-refractivity contribution in [3.8, 4) is 11.3 Å². The Morgan fingerprint density at radius 1 is 1.05 bits per heavy atom. The van der Waals surface area contributed by atoms with Crippen LogP contribution in [0.5, 0.6) is 0 Å². The number of benzene rings is 2. The molecule has 0 saturated carbocycles. The number of hydrogen-bond acceptors (Lipinski definition) is 6. The molecule has 0 unspecified atom stereocenters. The topological polar surface area (TPSA) is 81.8 Å². The highest BCUT2D eigenvalue weighted by molar-refractivity contribution is 7.07. The highest BCUT2D eigenvalue weighted by Crippen LogP contribution is 2.34. The number of aromatic nitrogens is 1. The first-order valence-corrected chi connectivity index (χ1v) is 15.8. The summed E-state index contributed by atoms with van der Waals surface area (Å²) < 4.78 is 13.8. The largest absolute Gasteiger partial charge is 0.457 e. The summed E-state index contributed by atoms with van der Waals surface area (Å²) in [6, 6.07) is 16.2. The van der Waals surface area contributed by atoms with Gasteiger partial charge in [-0.2, -0.15) is 0 Å². The smallest absolute Gasteiger partial charge is 0.269 e.